The Morgan fingerprint density at radius 3 is 2.38 bits per heavy atom. The first kappa shape index (κ1) is 16.1. The molecule has 2 rings (SSSR count). The van der Waals surface area contributed by atoms with Gasteiger partial charge in [0.1, 0.15) is 22.3 Å². The van der Waals surface area contributed by atoms with E-state index in [9.17, 15) is 8.42 Å². The smallest absolute Gasteiger partial charge is 0.250 e. The lowest BCUT2D eigenvalue weighted by molar-refractivity contribution is 0.322. The quantitative estimate of drug-likeness (QED) is 0.782. The van der Waals surface area contributed by atoms with Crippen molar-refractivity contribution in [3.63, 3.8) is 0 Å². The Labute approximate surface area is 132 Å². The van der Waals surface area contributed by atoms with Crippen LogP contribution in [0.1, 0.15) is 0 Å². The largest absolute Gasteiger partial charge is 0.497 e. The van der Waals surface area contributed by atoms with Crippen molar-refractivity contribution in [1.82, 2.24) is 4.72 Å². The maximum absolute atomic E-state index is 11.9. The third-order valence-corrected chi connectivity index (χ3v) is 5.72. The van der Waals surface area contributed by atoms with Crippen LogP contribution in [-0.4, -0.2) is 28.7 Å². The predicted octanol–water partition coefficient (Wildman–Crippen LogP) is 2.77. The minimum Gasteiger partial charge on any atom is -0.497 e. The molecule has 0 atom stereocenters. The van der Waals surface area contributed by atoms with Crippen molar-refractivity contribution in [3.8, 4) is 11.5 Å². The number of hydrogen-bond donors (Lipinski definition) is 1. The number of ether oxygens (including phenoxy) is 2. The fourth-order valence-corrected chi connectivity index (χ4v) is 4.07. The highest BCUT2D eigenvalue weighted by molar-refractivity contribution is 7.91. The first-order valence-electron chi connectivity index (χ1n) is 6.03. The summed E-state index contributed by atoms with van der Waals surface area (Å²) in [6.45, 7) is 0.397. The molecule has 0 amide bonds. The topological polar surface area (TPSA) is 64.6 Å². The van der Waals surface area contributed by atoms with Crippen LogP contribution in [0, 0.1) is 0 Å². The molecule has 0 radical (unpaired) electrons. The number of nitrogens with one attached hydrogen (secondary N) is 1. The summed E-state index contributed by atoms with van der Waals surface area (Å²) in [4.78, 5) is 0. The maximum Gasteiger partial charge on any atom is 0.250 e. The third kappa shape index (κ3) is 4.60. The Balaban J connectivity index is 1.81. The summed E-state index contributed by atoms with van der Waals surface area (Å²) in [6.07, 6.45) is 0. The maximum atomic E-state index is 11.9. The average molecular weight is 348 g/mol. The second kappa shape index (κ2) is 7.13. The van der Waals surface area contributed by atoms with E-state index in [1.807, 2.05) is 0 Å². The van der Waals surface area contributed by atoms with E-state index in [0.717, 1.165) is 17.1 Å². The molecule has 0 aliphatic heterocycles. The molecule has 2 aromatic rings. The van der Waals surface area contributed by atoms with E-state index in [2.05, 4.69) is 4.72 Å². The lowest BCUT2D eigenvalue weighted by atomic mass is 10.3. The number of methoxy groups -OCH3 is 1. The molecule has 114 valence electrons. The molecule has 0 spiro atoms. The molecule has 0 unspecified atom stereocenters. The van der Waals surface area contributed by atoms with Crippen molar-refractivity contribution in [1.29, 1.82) is 0 Å². The normalized spacial score (nSPS) is 11.3. The number of sulfonamides is 1. The molecule has 1 aromatic carbocycles. The summed E-state index contributed by atoms with van der Waals surface area (Å²) in [7, 11) is -1.94. The minimum absolute atomic E-state index is 0.171. The van der Waals surface area contributed by atoms with E-state index in [4.69, 9.17) is 21.1 Å². The Kier molecular flexibility index (Phi) is 5.46. The van der Waals surface area contributed by atoms with Gasteiger partial charge in [0.05, 0.1) is 11.4 Å². The Morgan fingerprint density at radius 1 is 1.14 bits per heavy atom. The van der Waals surface area contributed by atoms with Crippen LogP contribution in [-0.2, 0) is 10.0 Å². The van der Waals surface area contributed by atoms with E-state index in [1.54, 1.807) is 37.4 Å². The van der Waals surface area contributed by atoms with E-state index in [1.165, 1.54) is 6.07 Å². The number of halogens is 1. The van der Waals surface area contributed by atoms with Crippen molar-refractivity contribution in [2.45, 2.75) is 4.21 Å². The zero-order chi connectivity index (χ0) is 15.3. The van der Waals surface area contributed by atoms with Gasteiger partial charge in [-0.15, -0.1) is 11.3 Å². The van der Waals surface area contributed by atoms with Crippen molar-refractivity contribution in [2.75, 3.05) is 20.3 Å². The van der Waals surface area contributed by atoms with Crippen molar-refractivity contribution < 1.29 is 17.9 Å². The van der Waals surface area contributed by atoms with Crippen LogP contribution in [0.5, 0.6) is 11.5 Å². The fourth-order valence-electron chi connectivity index (χ4n) is 1.53. The molecule has 0 bridgehead atoms. The monoisotopic (exact) mass is 347 g/mol. The third-order valence-electron chi connectivity index (χ3n) is 2.54. The standard InChI is InChI=1S/C13H14ClNO4S2/c1-18-10-2-4-11(5-3-10)19-9-8-15-21(16,17)13-7-6-12(14)20-13/h2-7,15H,8-9H2,1H3. The van der Waals surface area contributed by atoms with Gasteiger partial charge in [-0.1, -0.05) is 11.6 Å². The SMILES string of the molecule is COc1ccc(OCCNS(=O)(=O)c2ccc(Cl)s2)cc1. The molecule has 0 aliphatic rings. The molecule has 8 heteroatoms. The minimum atomic E-state index is -3.52. The molecule has 1 N–H and O–H groups in total. The molecule has 0 saturated heterocycles. The number of thiophene rings is 1. The number of hydrogen-bond acceptors (Lipinski definition) is 5. The summed E-state index contributed by atoms with van der Waals surface area (Å²) >= 11 is 6.74. The molecule has 0 fully saturated rings. The zero-order valence-corrected chi connectivity index (χ0v) is 13.6. The predicted molar refractivity (Wildman–Crippen MR) is 83.0 cm³/mol. The summed E-state index contributed by atoms with van der Waals surface area (Å²) in [5.74, 6) is 1.38. The van der Waals surface area contributed by atoms with Gasteiger partial charge in [0, 0.05) is 6.54 Å². The molecule has 1 heterocycles. The first-order chi connectivity index (χ1) is 10.0. The molecule has 0 aliphatic carbocycles. The van der Waals surface area contributed by atoms with Gasteiger partial charge >= 0.3 is 0 Å². The fraction of sp³-hybridized carbons (Fsp3) is 0.231. The van der Waals surface area contributed by atoms with Gasteiger partial charge in [0.25, 0.3) is 0 Å². The van der Waals surface area contributed by atoms with Gasteiger partial charge in [-0.2, -0.15) is 0 Å². The molecule has 5 nitrogen and oxygen atoms in total. The molecule has 21 heavy (non-hydrogen) atoms. The van der Waals surface area contributed by atoms with Crippen LogP contribution in [0.4, 0.5) is 0 Å². The van der Waals surface area contributed by atoms with Gasteiger partial charge in [0.15, 0.2) is 0 Å². The van der Waals surface area contributed by atoms with Crippen LogP contribution in [0.15, 0.2) is 40.6 Å². The molecule has 0 saturated carbocycles. The van der Waals surface area contributed by atoms with Crippen LogP contribution in [0.25, 0.3) is 0 Å². The Morgan fingerprint density at radius 2 is 1.81 bits per heavy atom. The Hall–Kier alpha value is -1.28. The van der Waals surface area contributed by atoms with Crippen molar-refractivity contribution in [3.05, 3.63) is 40.7 Å². The van der Waals surface area contributed by atoms with Gasteiger partial charge in [0.2, 0.25) is 10.0 Å². The lowest BCUT2D eigenvalue weighted by Gasteiger charge is -2.08. The van der Waals surface area contributed by atoms with E-state index < -0.39 is 10.0 Å². The average Bonchev–Trinajstić information content (AvgIpc) is 2.92. The highest BCUT2D eigenvalue weighted by Crippen LogP contribution is 2.25. The molecule has 1 aromatic heterocycles. The number of rotatable bonds is 7. The van der Waals surface area contributed by atoms with Gasteiger partial charge in [-0.05, 0) is 36.4 Å². The first-order valence-corrected chi connectivity index (χ1v) is 8.71. The molecular formula is C13H14ClNO4S2. The van der Waals surface area contributed by atoms with Crippen molar-refractivity contribution >= 4 is 33.0 Å². The van der Waals surface area contributed by atoms with Crippen molar-refractivity contribution in [2.24, 2.45) is 0 Å². The van der Waals surface area contributed by atoms with Gasteiger partial charge in [-0.25, -0.2) is 13.1 Å². The second-order valence-electron chi connectivity index (χ2n) is 3.98. The Bertz CT molecular complexity index is 682. The van der Waals surface area contributed by atoms with Gasteiger partial charge in [-0.3, -0.25) is 0 Å². The molecular weight excluding hydrogens is 334 g/mol. The van der Waals surface area contributed by atoms with Crippen LogP contribution < -0.4 is 14.2 Å². The van der Waals surface area contributed by atoms with Crippen LogP contribution in [0.2, 0.25) is 4.34 Å². The van der Waals surface area contributed by atoms with E-state index in [0.29, 0.717) is 10.1 Å². The van der Waals surface area contributed by atoms with Gasteiger partial charge < -0.3 is 9.47 Å². The van der Waals surface area contributed by atoms with E-state index >= 15 is 0 Å². The summed E-state index contributed by atoms with van der Waals surface area (Å²) < 4.78 is 37.4. The van der Waals surface area contributed by atoms with E-state index in [-0.39, 0.29) is 17.4 Å². The number of benzene rings is 1. The second-order valence-corrected chi connectivity index (χ2v) is 7.69. The summed E-state index contributed by atoms with van der Waals surface area (Å²) in [5, 5.41) is 0. The highest BCUT2D eigenvalue weighted by atomic mass is 35.5. The summed E-state index contributed by atoms with van der Waals surface area (Å²) in [5.41, 5.74) is 0. The summed E-state index contributed by atoms with van der Waals surface area (Å²) in [6, 6.07) is 10.1. The van der Waals surface area contributed by atoms with Crippen LogP contribution >= 0.6 is 22.9 Å². The lowest BCUT2D eigenvalue weighted by Crippen LogP contribution is -2.27. The highest BCUT2D eigenvalue weighted by Gasteiger charge is 2.15. The van der Waals surface area contributed by atoms with Crippen LogP contribution in [0.3, 0.4) is 0 Å². The zero-order valence-electron chi connectivity index (χ0n) is 11.2.